The molecule has 182 valence electrons. The van der Waals surface area contributed by atoms with Crippen LogP contribution in [0.25, 0.3) is 22.3 Å². The summed E-state index contributed by atoms with van der Waals surface area (Å²) in [5.74, 6) is 0.651. The van der Waals surface area contributed by atoms with Gasteiger partial charge in [-0.2, -0.15) is 5.10 Å². The second-order valence-electron chi connectivity index (χ2n) is 8.08. The molecule has 0 spiro atoms. The van der Waals surface area contributed by atoms with E-state index in [0.717, 1.165) is 31.5 Å². The van der Waals surface area contributed by atoms with Crippen LogP contribution in [0.2, 0.25) is 5.02 Å². The lowest BCUT2D eigenvalue weighted by Gasteiger charge is -2.12. The first kappa shape index (κ1) is 24.1. The number of amides is 1. The number of carbonyl (C=O) groups is 1. The highest BCUT2D eigenvalue weighted by molar-refractivity contribution is 6.35. The molecule has 3 heterocycles. The minimum absolute atomic E-state index is 0.00246. The average molecular weight is 497 g/mol. The summed E-state index contributed by atoms with van der Waals surface area (Å²) in [4.78, 5) is 39.7. The molecule has 12 nitrogen and oxygen atoms in total. The summed E-state index contributed by atoms with van der Waals surface area (Å²) in [5.41, 5.74) is 17.5. The Kier molecular flexibility index (Phi) is 6.65. The molecule has 5 rings (SSSR count). The van der Waals surface area contributed by atoms with E-state index < -0.39 is 5.91 Å². The van der Waals surface area contributed by atoms with Crippen molar-refractivity contribution in [2.45, 2.75) is 38.6 Å². The third-order valence-electron chi connectivity index (χ3n) is 5.45. The Bertz CT molecular complexity index is 1460. The Balaban J connectivity index is 0.000000165. The smallest absolute Gasteiger partial charge is 0.286 e. The first-order chi connectivity index (χ1) is 16.7. The molecular formula is C22H25ClN10O2. The van der Waals surface area contributed by atoms with Gasteiger partial charge < -0.3 is 17.2 Å². The number of nitrogens with two attached hydrogens (primary N) is 3. The normalized spacial score (nSPS) is 12.9. The Labute approximate surface area is 205 Å². The molecule has 0 saturated heterocycles. The van der Waals surface area contributed by atoms with Crippen LogP contribution in [0.1, 0.15) is 48.7 Å². The lowest BCUT2D eigenvalue weighted by atomic mass is 10.2. The summed E-state index contributed by atoms with van der Waals surface area (Å²) in [6.45, 7) is 2.10. The molecule has 1 fully saturated rings. The van der Waals surface area contributed by atoms with E-state index in [2.05, 4.69) is 32.0 Å². The van der Waals surface area contributed by atoms with Crippen LogP contribution in [-0.4, -0.2) is 40.2 Å². The van der Waals surface area contributed by atoms with Crippen molar-refractivity contribution in [3.63, 3.8) is 0 Å². The van der Waals surface area contributed by atoms with E-state index in [1.54, 1.807) is 6.07 Å². The van der Waals surface area contributed by atoms with Gasteiger partial charge in [-0.1, -0.05) is 24.6 Å². The monoisotopic (exact) mass is 496 g/mol. The standard InChI is InChI=1S/C14H15ClN2O.C8H10N8O/c1-2-4-12-16-11-6-3-5-10(15)13(11)14(18)17(12)9-7-8-9;1-16-8(6(11)17)14-7(15-16)3-4(9)12-2-13-5(3)10/h3,5-6,9H,2,4,7-8H2,1H3;2H,1H3,(H2,11,17)(H4,9,10,12,13). The summed E-state index contributed by atoms with van der Waals surface area (Å²) in [5, 5.41) is 5.05. The van der Waals surface area contributed by atoms with Gasteiger partial charge in [-0.25, -0.2) is 24.6 Å². The number of nitrogen functional groups attached to an aromatic ring is 2. The zero-order valence-electron chi connectivity index (χ0n) is 19.3. The highest BCUT2D eigenvalue weighted by Gasteiger charge is 2.28. The van der Waals surface area contributed by atoms with Crippen molar-refractivity contribution in [1.29, 1.82) is 0 Å². The molecule has 1 aromatic carbocycles. The third-order valence-corrected chi connectivity index (χ3v) is 5.77. The quantitative estimate of drug-likeness (QED) is 0.370. The van der Waals surface area contributed by atoms with Crippen molar-refractivity contribution >= 4 is 40.0 Å². The van der Waals surface area contributed by atoms with E-state index in [4.69, 9.17) is 28.8 Å². The Morgan fingerprint density at radius 2 is 1.86 bits per heavy atom. The third kappa shape index (κ3) is 4.78. The molecule has 3 aromatic heterocycles. The summed E-state index contributed by atoms with van der Waals surface area (Å²) >= 11 is 6.14. The van der Waals surface area contributed by atoms with Crippen LogP contribution >= 0.6 is 11.6 Å². The number of primary amides is 1. The van der Waals surface area contributed by atoms with E-state index in [9.17, 15) is 9.59 Å². The molecule has 0 unspecified atom stereocenters. The number of aryl methyl sites for hydroxylation is 2. The van der Waals surface area contributed by atoms with Gasteiger partial charge in [-0.05, 0) is 31.4 Å². The Hall–Kier alpha value is -4.06. The van der Waals surface area contributed by atoms with Crippen molar-refractivity contribution in [2.75, 3.05) is 11.5 Å². The van der Waals surface area contributed by atoms with Gasteiger partial charge >= 0.3 is 0 Å². The van der Waals surface area contributed by atoms with E-state index in [1.165, 1.54) is 18.1 Å². The number of anilines is 2. The molecule has 13 heteroatoms. The van der Waals surface area contributed by atoms with E-state index >= 15 is 0 Å². The van der Waals surface area contributed by atoms with Crippen LogP contribution in [0.3, 0.4) is 0 Å². The number of fused-ring (bicyclic) bond motifs is 1. The summed E-state index contributed by atoms with van der Waals surface area (Å²) in [6.07, 6.45) is 5.22. The van der Waals surface area contributed by atoms with Crippen LogP contribution in [0, 0.1) is 0 Å². The lowest BCUT2D eigenvalue weighted by Crippen LogP contribution is -2.24. The zero-order chi connectivity index (χ0) is 25.3. The molecule has 0 bridgehead atoms. The van der Waals surface area contributed by atoms with Crippen LogP contribution in [0.5, 0.6) is 0 Å². The average Bonchev–Trinajstić information content (AvgIpc) is 3.55. The first-order valence-corrected chi connectivity index (χ1v) is 11.4. The predicted octanol–water partition coefficient (Wildman–Crippen LogP) is 1.87. The molecule has 0 radical (unpaired) electrons. The van der Waals surface area contributed by atoms with Crippen molar-refractivity contribution in [2.24, 2.45) is 12.8 Å². The van der Waals surface area contributed by atoms with Gasteiger partial charge in [0, 0.05) is 19.5 Å². The highest BCUT2D eigenvalue weighted by atomic mass is 35.5. The Morgan fingerprint density at radius 1 is 1.17 bits per heavy atom. The highest BCUT2D eigenvalue weighted by Crippen LogP contribution is 2.35. The number of hydrogen-bond donors (Lipinski definition) is 3. The van der Waals surface area contributed by atoms with Gasteiger partial charge in [0.1, 0.15) is 29.4 Å². The van der Waals surface area contributed by atoms with Crippen LogP contribution in [-0.2, 0) is 13.5 Å². The number of benzene rings is 1. The minimum atomic E-state index is -0.694. The summed E-state index contributed by atoms with van der Waals surface area (Å²) in [6, 6.07) is 5.80. The molecule has 1 aliphatic carbocycles. The maximum atomic E-state index is 12.6. The maximum Gasteiger partial charge on any atom is 0.286 e. The number of hydrogen-bond acceptors (Lipinski definition) is 9. The zero-order valence-corrected chi connectivity index (χ0v) is 20.0. The van der Waals surface area contributed by atoms with E-state index in [0.29, 0.717) is 22.0 Å². The molecule has 35 heavy (non-hydrogen) atoms. The molecule has 6 N–H and O–H groups in total. The number of halogens is 1. The second-order valence-corrected chi connectivity index (χ2v) is 8.49. The first-order valence-electron chi connectivity index (χ1n) is 11.0. The van der Waals surface area contributed by atoms with Gasteiger partial charge in [0.25, 0.3) is 11.5 Å². The second kappa shape index (κ2) is 9.66. The molecule has 0 aliphatic heterocycles. The maximum absolute atomic E-state index is 12.6. The number of carbonyl (C=O) groups excluding carboxylic acids is 1. The van der Waals surface area contributed by atoms with Crippen molar-refractivity contribution in [1.82, 2.24) is 34.3 Å². The van der Waals surface area contributed by atoms with Crippen molar-refractivity contribution < 1.29 is 4.79 Å². The van der Waals surface area contributed by atoms with E-state index in [1.807, 2.05) is 16.7 Å². The van der Waals surface area contributed by atoms with Gasteiger partial charge in [-0.15, -0.1) is 0 Å². The molecular weight excluding hydrogens is 472 g/mol. The lowest BCUT2D eigenvalue weighted by molar-refractivity contribution is 0.0986. The van der Waals surface area contributed by atoms with Crippen molar-refractivity contribution in [3.8, 4) is 11.4 Å². The minimum Gasteiger partial charge on any atom is -0.383 e. The van der Waals surface area contributed by atoms with E-state index in [-0.39, 0.29) is 34.4 Å². The van der Waals surface area contributed by atoms with Crippen molar-refractivity contribution in [3.05, 3.63) is 51.6 Å². The van der Waals surface area contributed by atoms with Gasteiger partial charge in [0.2, 0.25) is 5.82 Å². The molecule has 1 amide bonds. The van der Waals surface area contributed by atoms with Crippen LogP contribution in [0.4, 0.5) is 11.6 Å². The Morgan fingerprint density at radius 3 is 2.43 bits per heavy atom. The molecule has 1 saturated carbocycles. The van der Waals surface area contributed by atoms with Gasteiger partial charge in [0.15, 0.2) is 5.82 Å². The fraction of sp³-hybridized carbons (Fsp3) is 0.318. The fourth-order valence-electron chi connectivity index (χ4n) is 3.71. The topological polar surface area (TPSA) is 187 Å². The number of rotatable bonds is 5. The van der Waals surface area contributed by atoms with Gasteiger partial charge in [-0.3, -0.25) is 14.2 Å². The SMILES string of the molecule is CCCc1nc2cccc(Cl)c2c(=O)n1C1CC1.Cn1nc(-c2c(N)ncnc2N)nc1C(N)=O. The van der Waals surface area contributed by atoms with Crippen LogP contribution in [0.15, 0.2) is 29.3 Å². The largest absolute Gasteiger partial charge is 0.383 e. The number of aromatic nitrogens is 7. The molecule has 0 atom stereocenters. The van der Waals surface area contributed by atoms with Gasteiger partial charge in [0.05, 0.1) is 15.9 Å². The predicted molar refractivity (Wildman–Crippen MR) is 133 cm³/mol. The summed E-state index contributed by atoms with van der Waals surface area (Å²) < 4.78 is 3.10. The van der Waals surface area contributed by atoms with Crippen LogP contribution < -0.4 is 22.8 Å². The fourth-order valence-corrected chi connectivity index (χ4v) is 3.96. The summed E-state index contributed by atoms with van der Waals surface area (Å²) in [7, 11) is 1.53. The number of nitrogens with zero attached hydrogens (tertiary/aromatic N) is 7. The molecule has 1 aliphatic rings. The molecule has 4 aromatic rings.